The van der Waals surface area contributed by atoms with E-state index < -0.39 is 0 Å². The van der Waals surface area contributed by atoms with Gasteiger partial charge in [0.1, 0.15) is 6.61 Å². The maximum atomic E-state index is 10.7. The molecule has 0 saturated heterocycles. The normalized spacial score (nSPS) is 10.1. The highest BCUT2D eigenvalue weighted by atomic mass is 16.5. The molecule has 0 rings (SSSR count). The Hall–Kier alpha value is -0.790. The minimum Gasteiger partial charge on any atom is -0.461 e. The van der Waals surface area contributed by atoms with Crippen molar-refractivity contribution in [1.82, 2.24) is 0 Å². The van der Waals surface area contributed by atoms with Gasteiger partial charge in [-0.15, -0.1) is 0 Å². The van der Waals surface area contributed by atoms with E-state index in [1.807, 2.05) is 0 Å². The Morgan fingerprint density at radius 1 is 1.21 bits per heavy atom. The van der Waals surface area contributed by atoms with Gasteiger partial charge < -0.3 is 4.74 Å². The molecule has 82 valence electrons. The summed E-state index contributed by atoms with van der Waals surface area (Å²) in [6.45, 7) is 10.5. The van der Waals surface area contributed by atoms with Crippen LogP contribution in [0.4, 0.5) is 0 Å². The molecule has 0 fully saturated rings. The van der Waals surface area contributed by atoms with Gasteiger partial charge in [0.2, 0.25) is 0 Å². The Labute approximate surface area is 87.3 Å². The van der Waals surface area contributed by atoms with Gasteiger partial charge in [-0.05, 0) is 38.2 Å². The lowest BCUT2D eigenvalue weighted by molar-refractivity contribution is -0.140. The van der Waals surface area contributed by atoms with E-state index in [-0.39, 0.29) is 5.97 Å². The molecule has 0 aromatic heterocycles. The second-order valence-corrected chi connectivity index (χ2v) is 4.32. The smallest absolute Gasteiger partial charge is 0.302 e. The first-order valence-corrected chi connectivity index (χ1v) is 5.22. The lowest BCUT2D eigenvalue weighted by Crippen LogP contribution is -2.05. The minimum atomic E-state index is -0.201. The molecule has 0 bridgehead atoms. The topological polar surface area (TPSA) is 26.3 Å². The van der Waals surface area contributed by atoms with Gasteiger partial charge in [-0.1, -0.05) is 19.4 Å². The van der Waals surface area contributed by atoms with Crippen molar-refractivity contribution in [2.75, 3.05) is 6.61 Å². The number of esters is 1. The Bertz CT molecular complexity index is 210. The van der Waals surface area contributed by atoms with Crippen LogP contribution in [0.25, 0.3) is 0 Å². The fraction of sp³-hybridized carbons (Fsp3) is 0.750. The SMILES string of the molecule is CC(=O)OCC(CCC(C)C)=C(C)C. The van der Waals surface area contributed by atoms with E-state index in [1.54, 1.807) is 0 Å². The lowest BCUT2D eigenvalue weighted by atomic mass is 10.0. The van der Waals surface area contributed by atoms with Crippen molar-refractivity contribution < 1.29 is 9.53 Å². The maximum Gasteiger partial charge on any atom is 0.302 e. The van der Waals surface area contributed by atoms with E-state index in [0.717, 1.165) is 12.8 Å². The molecule has 0 aliphatic heterocycles. The van der Waals surface area contributed by atoms with Crippen LogP contribution < -0.4 is 0 Å². The summed E-state index contributed by atoms with van der Waals surface area (Å²) in [5.74, 6) is 0.495. The Kier molecular flexibility index (Phi) is 6.26. The second-order valence-electron chi connectivity index (χ2n) is 4.32. The number of allylic oxidation sites excluding steroid dienone is 1. The number of ether oxygens (including phenoxy) is 1. The summed E-state index contributed by atoms with van der Waals surface area (Å²) in [6.07, 6.45) is 2.19. The fourth-order valence-electron chi connectivity index (χ4n) is 1.12. The molecule has 0 aromatic carbocycles. The third kappa shape index (κ3) is 6.70. The Morgan fingerprint density at radius 3 is 2.14 bits per heavy atom. The van der Waals surface area contributed by atoms with Crippen LogP contribution in [-0.4, -0.2) is 12.6 Å². The summed E-state index contributed by atoms with van der Waals surface area (Å²) in [6, 6.07) is 0. The summed E-state index contributed by atoms with van der Waals surface area (Å²) in [5.41, 5.74) is 2.53. The molecule has 0 amide bonds. The van der Waals surface area contributed by atoms with Crippen LogP contribution in [0.15, 0.2) is 11.1 Å². The van der Waals surface area contributed by atoms with Gasteiger partial charge >= 0.3 is 5.97 Å². The van der Waals surface area contributed by atoms with Crippen molar-refractivity contribution in [3.05, 3.63) is 11.1 Å². The van der Waals surface area contributed by atoms with Crippen LogP contribution in [0.2, 0.25) is 0 Å². The van der Waals surface area contributed by atoms with Gasteiger partial charge in [-0.3, -0.25) is 4.79 Å². The first kappa shape index (κ1) is 13.2. The van der Waals surface area contributed by atoms with Crippen molar-refractivity contribution in [3.63, 3.8) is 0 Å². The molecule has 0 N–H and O–H groups in total. The highest BCUT2D eigenvalue weighted by Crippen LogP contribution is 2.15. The third-order valence-electron chi connectivity index (χ3n) is 2.18. The van der Waals surface area contributed by atoms with Gasteiger partial charge in [0.05, 0.1) is 0 Å². The Morgan fingerprint density at radius 2 is 1.79 bits per heavy atom. The van der Waals surface area contributed by atoms with Crippen molar-refractivity contribution in [1.29, 1.82) is 0 Å². The van der Waals surface area contributed by atoms with Crippen molar-refractivity contribution >= 4 is 5.97 Å². The van der Waals surface area contributed by atoms with Crippen LogP contribution in [0, 0.1) is 5.92 Å². The molecule has 0 unspecified atom stereocenters. The van der Waals surface area contributed by atoms with Crippen LogP contribution in [0.5, 0.6) is 0 Å². The summed E-state index contributed by atoms with van der Waals surface area (Å²) >= 11 is 0. The van der Waals surface area contributed by atoms with Crippen LogP contribution >= 0.6 is 0 Å². The quantitative estimate of drug-likeness (QED) is 0.500. The van der Waals surface area contributed by atoms with Gasteiger partial charge in [0.15, 0.2) is 0 Å². The van der Waals surface area contributed by atoms with Gasteiger partial charge in [-0.2, -0.15) is 0 Å². The lowest BCUT2D eigenvalue weighted by Gasteiger charge is -2.11. The van der Waals surface area contributed by atoms with Crippen LogP contribution in [0.1, 0.15) is 47.5 Å². The number of hydrogen-bond donors (Lipinski definition) is 0. The zero-order valence-corrected chi connectivity index (χ0v) is 10.0. The molecule has 0 spiro atoms. The minimum absolute atomic E-state index is 0.201. The molecule has 0 saturated carbocycles. The number of carbonyl (C=O) groups excluding carboxylic acids is 1. The zero-order chi connectivity index (χ0) is 11.1. The van der Waals surface area contributed by atoms with E-state index in [1.165, 1.54) is 18.1 Å². The predicted octanol–water partition coefficient (Wildman–Crippen LogP) is 3.32. The molecule has 0 atom stereocenters. The molecule has 0 heterocycles. The molecule has 2 heteroatoms. The van der Waals surface area contributed by atoms with Crippen molar-refractivity contribution in [2.45, 2.75) is 47.5 Å². The summed E-state index contributed by atoms with van der Waals surface area (Å²) in [7, 11) is 0. The summed E-state index contributed by atoms with van der Waals surface area (Å²) in [5, 5.41) is 0. The zero-order valence-electron chi connectivity index (χ0n) is 10.0. The monoisotopic (exact) mass is 198 g/mol. The maximum absolute atomic E-state index is 10.7. The highest BCUT2D eigenvalue weighted by Gasteiger charge is 2.04. The largest absolute Gasteiger partial charge is 0.461 e. The summed E-state index contributed by atoms with van der Waals surface area (Å²) < 4.78 is 5.00. The average Bonchev–Trinajstić information content (AvgIpc) is 2.02. The number of hydrogen-bond acceptors (Lipinski definition) is 2. The molecule has 14 heavy (non-hydrogen) atoms. The number of carbonyl (C=O) groups is 1. The van der Waals surface area contributed by atoms with Crippen LogP contribution in [-0.2, 0) is 9.53 Å². The van der Waals surface area contributed by atoms with Gasteiger partial charge in [-0.25, -0.2) is 0 Å². The standard InChI is InChI=1S/C12H22O2/c1-9(2)6-7-12(10(3)4)8-14-11(5)13/h9H,6-8H2,1-5H3. The van der Waals surface area contributed by atoms with Crippen molar-refractivity contribution in [2.24, 2.45) is 5.92 Å². The van der Waals surface area contributed by atoms with E-state index in [2.05, 4.69) is 27.7 Å². The van der Waals surface area contributed by atoms with E-state index in [4.69, 9.17) is 4.74 Å². The molecule has 0 aliphatic rings. The van der Waals surface area contributed by atoms with E-state index in [9.17, 15) is 4.79 Å². The van der Waals surface area contributed by atoms with Gasteiger partial charge in [0, 0.05) is 6.92 Å². The first-order valence-electron chi connectivity index (χ1n) is 5.22. The molecule has 0 radical (unpaired) electrons. The number of rotatable bonds is 5. The van der Waals surface area contributed by atoms with Crippen molar-refractivity contribution in [3.8, 4) is 0 Å². The third-order valence-corrected chi connectivity index (χ3v) is 2.18. The molecule has 0 aromatic rings. The highest BCUT2D eigenvalue weighted by molar-refractivity contribution is 5.66. The predicted molar refractivity (Wildman–Crippen MR) is 59.1 cm³/mol. The van der Waals surface area contributed by atoms with Gasteiger partial charge in [0.25, 0.3) is 0 Å². The van der Waals surface area contributed by atoms with E-state index in [0.29, 0.717) is 12.5 Å². The van der Waals surface area contributed by atoms with Crippen LogP contribution in [0.3, 0.4) is 0 Å². The fourth-order valence-corrected chi connectivity index (χ4v) is 1.12. The summed E-state index contributed by atoms with van der Waals surface area (Å²) in [4.78, 5) is 10.7. The second kappa shape index (κ2) is 6.63. The molecular formula is C12H22O2. The first-order chi connectivity index (χ1) is 6.43. The molecular weight excluding hydrogens is 176 g/mol. The Balaban J connectivity index is 4.06. The molecule has 0 aliphatic carbocycles. The average molecular weight is 198 g/mol. The molecule has 2 nitrogen and oxygen atoms in total. The van der Waals surface area contributed by atoms with E-state index >= 15 is 0 Å².